The molecule has 2 aliphatic rings. The topological polar surface area (TPSA) is 92.5 Å². The minimum atomic E-state index is -0.693. The molecule has 2 unspecified atom stereocenters. The zero-order valence-electron chi connectivity index (χ0n) is 12.1. The maximum absolute atomic E-state index is 10.8. The molecule has 0 bridgehead atoms. The zero-order chi connectivity index (χ0) is 15.0. The molecule has 1 heterocycles. The molecule has 1 spiro atoms. The maximum atomic E-state index is 10.8. The van der Waals surface area contributed by atoms with Gasteiger partial charge in [0.2, 0.25) is 0 Å². The molecular weight excluding hydrogens is 267 g/mol. The van der Waals surface area contributed by atoms with E-state index in [0.717, 1.165) is 37.1 Å². The summed E-state index contributed by atoms with van der Waals surface area (Å²) in [5.41, 5.74) is 10.5. The van der Waals surface area contributed by atoms with Gasteiger partial charge in [-0.3, -0.25) is 0 Å². The van der Waals surface area contributed by atoms with Crippen LogP contribution in [0.5, 0.6) is 0 Å². The van der Waals surface area contributed by atoms with Crippen molar-refractivity contribution in [2.75, 3.05) is 13.1 Å². The second-order valence-corrected chi connectivity index (χ2v) is 6.01. The van der Waals surface area contributed by atoms with E-state index in [4.69, 9.17) is 5.53 Å². The summed E-state index contributed by atoms with van der Waals surface area (Å²) in [7, 11) is -0.468. The Hall–Kier alpha value is -1.53. The second kappa shape index (κ2) is 5.35. The number of piperidine rings is 1. The van der Waals surface area contributed by atoms with E-state index in [9.17, 15) is 10.1 Å². The van der Waals surface area contributed by atoms with Crippen molar-refractivity contribution in [2.45, 2.75) is 37.2 Å². The fourth-order valence-corrected chi connectivity index (χ4v) is 3.88. The summed E-state index contributed by atoms with van der Waals surface area (Å²) >= 11 is 0. The van der Waals surface area contributed by atoms with Gasteiger partial charge < -0.3 is 14.9 Å². The lowest BCUT2D eigenvalue weighted by molar-refractivity contribution is 0.0407. The second-order valence-electron chi connectivity index (χ2n) is 6.01. The van der Waals surface area contributed by atoms with E-state index in [1.807, 2.05) is 29.1 Å². The van der Waals surface area contributed by atoms with Gasteiger partial charge in [-0.1, -0.05) is 29.4 Å². The van der Waals surface area contributed by atoms with Gasteiger partial charge in [0.1, 0.15) is 0 Å². The van der Waals surface area contributed by atoms with Crippen molar-refractivity contribution in [3.63, 3.8) is 0 Å². The fraction of sp³-hybridized carbons (Fsp3) is 0.571. The summed E-state index contributed by atoms with van der Waals surface area (Å²) < 4.78 is 0. The molecule has 2 N–H and O–H groups in total. The van der Waals surface area contributed by atoms with E-state index in [2.05, 4.69) is 10.0 Å². The first-order chi connectivity index (χ1) is 10.1. The quantitative estimate of drug-likeness (QED) is 0.376. The lowest BCUT2D eigenvalue weighted by Crippen LogP contribution is -2.51. The first-order valence-electron chi connectivity index (χ1n) is 7.34. The predicted molar refractivity (Wildman–Crippen MR) is 80.7 cm³/mol. The standard InChI is InChI=1S/C14H19BN4O2/c1-15(21)19-8-6-14(7-9-19)11-5-3-2-4-10(11)12(13(14)20)17-18-16/h2-5,12-13,20-21H,6-9H2,1H3. The van der Waals surface area contributed by atoms with Crippen LogP contribution in [0.1, 0.15) is 30.0 Å². The molecule has 0 saturated carbocycles. The van der Waals surface area contributed by atoms with E-state index in [1.165, 1.54) is 0 Å². The van der Waals surface area contributed by atoms with Crippen LogP contribution < -0.4 is 0 Å². The van der Waals surface area contributed by atoms with Crippen LogP contribution in [0.4, 0.5) is 0 Å². The van der Waals surface area contributed by atoms with Crippen LogP contribution in [0.2, 0.25) is 6.82 Å². The number of benzene rings is 1. The first kappa shape index (κ1) is 14.4. The largest absolute Gasteiger partial charge is 0.437 e. The molecular formula is C14H19BN4O2. The van der Waals surface area contributed by atoms with E-state index >= 15 is 0 Å². The van der Waals surface area contributed by atoms with Crippen LogP contribution in [0.25, 0.3) is 10.4 Å². The van der Waals surface area contributed by atoms with E-state index in [-0.39, 0.29) is 5.41 Å². The molecule has 6 nitrogen and oxygen atoms in total. The zero-order valence-corrected chi connectivity index (χ0v) is 12.1. The molecule has 0 amide bonds. The number of hydrogen-bond donors (Lipinski definition) is 2. The lowest BCUT2D eigenvalue weighted by atomic mass is 9.69. The summed E-state index contributed by atoms with van der Waals surface area (Å²) in [6, 6.07) is 7.34. The van der Waals surface area contributed by atoms with Gasteiger partial charge in [0.25, 0.3) is 0 Å². The monoisotopic (exact) mass is 286 g/mol. The van der Waals surface area contributed by atoms with Crippen molar-refractivity contribution < 1.29 is 10.1 Å². The Balaban J connectivity index is 1.98. The Morgan fingerprint density at radius 3 is 2.67 bits per heavy atom. The third kappa shape index (κ3) is 2.13. The number of azide groups is 1. The summed E-state index contributed by atoms with van der Waals surface area (Å²) in [5, 5.41) is 24.3. The van der Waals surface area contributed by atoms with E-state index in [0.29, 0.717) is 0 Å². The van der Waals surface area contributed by atoms with Gasteiger partial charge >= 0.3 is 7.05 Å². The minimum absolute atomic E-state index is 0.360. The molecule has 110 valence electrons. The number of nitrogens with zero attached hydrogens (tertiary/aromatic N) is 4. The van der Waals surface area contributed by atoms with Crippen LogP contribution in [0.3, 0.4) is 0 Å². The average molecular weight is 286 g/mol. The summed E-state index contributed by atoms with van der Waals surface area (Å²) in [6.07, 6.45) is 0.822. The molecule has 1 fully saturated rings. The van der Waals surface area contributed by atoms with Crippen LogP contribution >= 0.6 is 0 Å². The molecule has 1 aliphatic heterocycles. The molecule has 21 heavy (non-hydrogen) atoms. The number of rotatable bonds is 2. The molecule has 3 rings (SSSR count). The molecule has 2 atom stereocenters. The third-order valence-electron chi connectivity index (χ3n) is 5.08. The first-order valence-corrected chi connectivity index (χ1v) is 7.34. The molecule has 0 aromatic heterocycles. The van der Waals surface area contributed by atoms with E-state index < -0.39 is 19.2 Å². The molecule has 1 aliphatic carbocycles. The van der Waals surface area contributed by atoms with Crippen molar-refractivity contribution in [1.82, 2.24) is 4.81 Å². The Kier molecular flexibility index (Phi) is 3.67. The van der Waals surface area contributed by atoms with Crippen LogP contribution in [-0.2, 0) is 5.41 Å². The SMILES string of the molecule is CB(O)N1CCC2(CC1)c1ccccc1C(N=[N+]=[N-])C2O. The Morgan fingerprint density at radius 2 is 2.05 bits per heavy atom. The van der Waals surface area contributed by atoms with Crippen molar-refractivity contribution in [3.05, 3.63) is 45.8 Å². The van der Waals surface area contributed by atoms with Crippen molar-refractivity contribution in [1.29, 1.82) is 0 Å². The highest BCUT2D eigenvalue weighted by molar-refractivity contribution is 6.45. The average Bonchev–Trinajstić information content (AvgIpc) is 2.72. The maximum Gasteiger partial charge on any atom is 0.376 e. The smallest absolute Gasteiger partial charge is 0.376 e. The molecule has 7 heteroatoms. The highest BCUT2D eigenvalue weighted by Gasteiger charge is 2.52. The molecule has 1 saturated heterocycles. The number of aliphatic hydroxyl groups excluding tert-OH is 1. The van der Waals surface area contributed by atoms with Gasteiger partial charge in [-0.2, -0.15) is 0 Å². The normalized spacial score (nSPS) is 27.2. The Labute approximate surface area is 124 Å². The number of aliphatic hydroxyl groups is 1. The van der Waals surface area contributed by atoms with Gasteiger partial charge in [0.05, 0.1) is 12.1 Å². The van der Waals surface area contributed by atoms with Crippen LogP contribution in [0, 0.1) is 0 Å². The van der Waals surface area contributed by atoms with Crippen molar-refractivity contribution >= 4 is 7.05 Å². The lowest BCUT2D eigenvalue weighted by Gasteiger charge is -2.43. The summed E-state index contributed by atoms with van der Waals surface area (Å²) in [4.78, 5) is 4.90. The molecule has 1 aromatic carbocycles. The highest BCUT2D eigenvalue weighted by Crippen LogP contribution is 2.52. The Morgan fingerprint density at radius 1 is 1.38 bits per heavy atom. The summed E-state index contributed by atoms with van der Waals surface area (Å²) in [6.45, 7) is 3.22. The third-order valence-corrected chi connectivity index (χ3v) is 5.08. The van der Waals surface area contributed by atoms with Crippen LogP contribution in [0.15, 0.2) is 29.4 Å². The Bertz CT molecular complexity index is 580. The number of hydrogen-bond acceptors (Lipinski definition) is 4. The van der Waals surface area contributed by atoms with E-state index in [1.54, 1.807) is 6.82 Å². The molecule has 0 radical (unpaired) electrons. The summed E-state index contributed by atoms with van der Waals surface area (Å²) in [5.74, 6) is 0. The highest BCUT2D eigenvalue weighted by atomic mass is 16.3. The molecule has 1 aromatic rings. The van der Waals surface area contributed by atoms with Crippen molar-refractivity contribution in [3.8, 4) is 0 Å². The number of fused-ring (bicyclic) bond motifs is 2. The van der Waals surface area contributed by atoms with Gasteiger partial charge in [0.15, 0.2) is 0 Å². The van der Waals surface area contributed by atoms with Gasteiger partial charge in [0, 0.05) is 10.3 Å². The van der Waals surface area contributed by atoms with Gasteiger partial charge in [-0.25, -0.2) is 0 Å². The minimum Gasteiger partial charge on any atom is -0.437 e. The van der Waals surface area contributed by atoms with Crippen molar-refractivity contribution in [2.24, 2.45) is 5.11 Å². The predicted octanol–water partition coefficient (Wildman–Crippen LogP) is 1.86. The van der Waals surface area contributed by atoms with Gasteiger partial charge in [-0.05, 0) is 49.4 Å². The fourth-order valence-electron chi connectivity index (χ4n) is 3.88. The van der Waals surface area contributed by atoms with Gasteiger partial charge in [-0.15, -0.1) is 0 Å². The van der Waals surface area contributed by atoms with Crippen LogP contribution in [-0.4, -0.2) is 41.2 Å².